The molecule has 0 spiro atoms. The van der Waals surface area contributed by atoms with E-state index in [4.69, 9.17) is 5.11 Å². The number of aryl methyl sites for hydroxylation is 1. The van der Waals surface area contributed by atoms with Crippen LogP contribution in [-0.2, 0) is 9.59 Å². The van der Waals surface area contributed by atoms with Gasteiger partial charge in [-0.1, -0.05) is 11.6 Å². The number of hydrogen-bond acceptors (Lipinski definition) is 3. The number of likely N-dealkylation sites (tertiary alicyclic amines) is 1. The van der Waals surface area contributed by atoms with Gasteiger partial charge in [0, 0.05) is 26.1 Å². The van der Waals surface area contributed by atoms with Gasteiger partial charge in [-0.25, -0.2) is 4.39 Å². The van der Waals surface area contributed by atoms with E-state index in [1.807, 2.05) is 0 Å². The first-order valence-corrected chi connectivity index (χ1v) is 8.34. The van der Waals surface area contributed by atoms with Gasteiger partial charge >= 0.3 is 5.97 Å². The zero-order valence-corrected chi connectivity index (χ0v) is 14.5. The first-order chi connectivity index (χ1) is 11.8. The van der Waals surface area contributed by atoms with Crippen LogP contribution in [0.1, 0.15) is 42.1 Å². The molecule has 0 radical (unpaired) electrons. The lowest BCUT2D eigenvalue weighted by Gasteiger charge is -2.28. The SMILES string of the molecule is CC(=O)N(CC(=O)O)C1CCCN(C(=O)c2cc(C)ccc2F)CC1. The van der Waals surface area contributed by atoms with Crippen LogP contribution in [0.4, 0.5) is 4.39 Å². The predicted octanol–water partition coefficient (Wildman–Crippen LogP) is 2.06. The number of carbonyl (C=O) groups excluding carboxylic acids is 2. The zero-order valence-electron chi connectivity index (χ0n) is 14.5. The highest BCUT2D eigenvalue weighted by Crippen LogP contribution is 2.20. The summed E-state index contributed by atoms with van der Waals surface area (Å²) in [4.78, 5) is 38.3. The van der Waals surface area contributed by atoms with Crippen molar-refractivity contribution in [1.29, 1.82) is 0 Å². The van der Waals surface area contributed by atoms with Gasteiger partial charge in [-0.3, -0.25) is 14.4 Å². The van der Waals surface area contributed by atoms with Gasteiger partial charge in [-0.15, -0.1) is 0 Å². The van der Waals surface area contributed by atoms with Crippen LogP contribution < -0.4 is 0 Å². The Morgan fingerprint density at radius 2 is 2.00 bits per heavy atom. The molecule has 0 aliphatic carbocycles. The van der Waals surface area contributed by atoms with E-state index in [-0.39, 0.29) is 30.0 Å². The molecule has 1 fully saturated rings. The van der Waals surface area contributed by atoms with Crippen molar-refractivity contribution in [1.82, 2.24) is 9.80 Å². The first kappa shape index (κ1) is 18.9. The molecule has 2 amide bonds. The highest BCUT2D eigenvalue weighted by atomic mass is 19.1. The number of benzene rings is 1. The average molecular weight is 350 g/mol. The van der Waals surface area contributed by atoms with E-state index < -0.39 is 11.8 Å². The molecular weight excluding hydrogens is 327 g/mol. The molecule has 0 saturated carbocycles. The number of carbonyl (C=O) groups is 3. The molecule has 1 unspecified atom stereocenters. The van der Waals surface area contributed by atoms with Gasteiger partial charge in [0.2, 0.25) is 5.91 Å². The Hall–Kier alpha value is -2.44. The number of halogens is 1. The fraction of sp³-hybridized carbons (Fsp3) is 0.500. The molecule has 1 aliphatic heterocycles. The maximum atomic E-state index is 14.0. The quantitative estimate of drug-likeness (QED) is 0.902. The molecular formula is C18H23FN2O4. The van der Waals surface area contributed by atoms with Crippen molar-refractivity contribution in [2.75, 3.05) is 19.6 Å². The molecule has 1 saturated heterocycles. The number of nitrogens with zero attached hydrogens (tertiary/aromatic N) is 2. The lowest BCUT2D eigenvalue weighted by atomic mass is 10.1. The molecule has 25 heavy (non-hydrogen) atoms. The van der Waals surface area contributed by atoms with Crippen LogP contribution in [0.5, 0.6) is 0 Å². The number of rotatable bonds is 4. The van der Waals surface area contributed by atoms with Crippen LogP contribution in [0.25, 0.3) is 0 Å². The molecule has 0 bridgehead atoms. The summed E-state index contributed by atoms with van der Waals surface area (Å²) in [5.41, 5.74) is 0.856. The Labute approximate surface area is 146 Å². The Morgan fingerprint density at radius 1 is 1.28 bits per heavy atom. The topological polar surface area (TPSA) is 77.9 Å². The molecule has 1 aromatic carbocycles. The molecule has 7 heteroatoms. The molecule has 2 rings (SSSR count). The highest BCUT2D eigenvalue weighted by Gasteiger charge is 2.28. The second kappa shape index (κ2) is 8.09. The first-order valence-electron chi connectivity index (χ1n) is 8.34. The van der Waals surface area contributed by atoms with Crippen LogP contribution in [0.3, 0.4) is 0 Å². The van der Waals surface area contributed by atoms with Gasteiger partial charge in [0.05, 0.1) is 5.56 Å². The van der Waals surface area contributed by atoms with Gasteiger partial charge in [-0.2, -0.15) is 0 Å². The summed E-state index contributed by atoms with van der Waals surface area (Å²) in [6.45, 7) is 3.62. The summed E-state index contributed by atoms with van der Waals surface area (Å²) in [6, 6.07) is 4.20. The van der Waals surface area contributed by atoms with Crippen LogP contribution >= 0.6 is 0 Å². The van der Waals surface area contributed by atoms with Crippen LogP contribution in [0.2, 0.25) is 0 Å². The smallest absolute Gasteiger partial charge is 0.323 e. The van der Waals surface area contributed by atoms with Gasteiger partial charge in [0.15, 0.2) is 0 Å². The van der Waals surface area contributed by atoms with Crippen molar-refractivity contribution >= 4 is 17.8 Å². The number of aliphatic carboxylic acids is 1. The average Bonchev–Trinajstić information content (AvgIpc) is 2.79. The van der Waals surface area contributed by atoms with E-state index in [0.717, 1.165) is 5.56 Å². The van der Waals surface area contributed by atoms with E-state index in [2.05, 4.69) is 0 Å². The molecule has 6 nitrogen and oxygen atoms in total. The molecule has 1 aliphatic rings. The van der Waals surface area contributed by atoms with Crippen molar-refractivity contribution in [3.05, 3.63) is 35.1 Å². The Morgan fingerprint density at radius 3 is 2.64 bits per heavy atom. The lowest BCUT2D eigenvalue weighted by Crippen LogP contribution is -2.43. The molecule has 1 atom stereocenters. The van der Waals surface area contributed by atoms with Gasteiger partial charge in [0.1, 0.15) is 12.4 Å². The van der Waals surface area contributed by atoms with Crippen LogP contribution in [-0.4, -0.2) is 58.4 Å². The minimum atomic E-state index is -1.06. The largest absolute Gasteiger partial charge is 0.480 e. The molecule has 1 N–H and O–H groups in total. The van der Waals surface area contributed by atoms with E-state index in [1.54, 1.807) is 17.9 Å². The maximum Gasteiger partial charge on any atom is 0.323 e. The van der Waals surface area contributed by atoms with E-state index >= 15 is 0 Å². The summed E-state index contributed by atoms with van der Waals surface area (Å²) in [5, 5.41) is 8.98. The molecule has 1 aromatic rings. The zero-order chi connectivity index (χ0) is 18.6. The summed E-state index contributed by atoms with van der Waals surface area (Å²) < 4.78 is 14.0. The van der Waals surface area contributed by atoms with E-state index in [0.29, 0.717) is 32.4 Å². The minimum Gasteiger partial charge on any atom is -0.480 e. The fourth-order valence-electron chi connectivity index (χ4n) is 3.21. The monoisotopic (exact) mass is 350 g/mol. The molecule has 136 valence electrons. The number of carboxylic acids is 1. The van der Waals surface area contributed by atoms with Gasteiger partial charge in [-0.05, 0) is 38.3 Å². The van der Waals surface area contributed by atoms with E-state index in [1.165, 1.54) is 24.0 Å². The lowest BCUT2D eigenvalue weighted by molar-refractivity contribution is -0.145. The summed E-state index contributed by atoms with van der Waals surface area (Å²) in [6.07, 6.45) is 1.73. The molecule has 0 aromatic heterocycles. The van der Waals surface area contributed by atoms with Crippen LogP contribution in [0, 0.1) is 12.7 Å². The second-order valence-corrected chi connectivity index (χ2v) is 6.40. The Kier molecular flexibility index (Phi) is 6.12. The fourth-order valence-corrected chi connectivity index (χ4v) is 3.21. The minimum absolute atomic E-state index is 0.0485. The number of carboxylic acid groups (broad SMARTS) is 1. The number of hydrogen-bond donors (Lipinski definition) is 1. The third kappa shape index (κ3) is 4.78. The van der Waals surface area contributed by atoms with Gasteiger partial charge in [0.25, 0.3) is 5.91 Å². The van der Waals surface area contributed by atoms with Crippen molar-refractivity contribution in [3.63, 3.8) is 0 Å². The Bertz CT molecular complexity index is 677. The number of amides is 2. The standard InChI is InChI=1S/C18H23FN2O4/c1-12-5-6-16(19)15(10-12)18(25)20-8-3-4-14(7-9-20)21(13(2)22)11-17(23)24/h5-6,10,14H,3-4,7-9,11H2,1-2H3,(H,23,24). The highest BCUT2D eigenvalue weighted by molar-refractivity contribution is 5.94. The summed E-state index contributed by atoms with van der Waals surface area (Å²) >= 11 is 0. The van der Waals surface area contributed by atoms with E-state index in [9.17, 15) is 18.8 Å². The normalized spacial score (nSPS) is 17.7. The maximum absolute atomic E-state index is 14.0. The molecule has 1 heterocycles. The van der Waals surface area contributed by atoms with Crippen molar-refractivity contribution < 1.29 is 23.9 Å². The van der Waals surface area contributed by atoms with Crippen LogP contribution in [0.15, 0.2) is 18.2 Å². The van der Waals surface area contributed by atoms with Crippen molar-refractivity contribution in [3.8, 4) is 0 Å². The summed E-state index contributed by atoms with van der Waals surface area (Å²) in [5.74, 6) is -2.27. The van der Waals surface area contributed by atoms with Crippen molar-refractivity contribution in [2.24, 2.45) is 0 Å². The van der Waals surface area contributed by atoms with Crippen molar-refractivity contribution in [2.45, 2.75) is 39.2 Å². The third-order valence-corrected chi connectivity index (χ3v) is 4.49. The van der Waals surface area contributed by atoms with Gasteiger partial charge < -0.3 is 14.9 Å². The predicted molar refractivity (Wildman–Crippen MR) is 89.7 cm³/mol. The third-order valence-electron chi connectivity index (χ3n) is 4.49. The Balaban J connectivity index is 2.10. The second-order valence-electron chi connectivity index (χ2n) is 6.40. The summed E-state index contributed by atoms with van der Waals surface area (Å²) in [7, 11) is 0.